The van der Waals surface area contributed by atoms with Gasteiger partial charge in [-0.1, -0.05) is 48.4 Å². The molecule has 2 aliphatic heterocycles. The van der Waals surface area contributed by atoms with Gasteiger partial charge in [0.25, 0.3) is 0 Å². The number of hydrogen-bond acceptors (Lipinski definition) is 10. The Bertz CT molecular complexity index is 1570. The minimum atomic E-state index is -2.82. The molecule has 3 aromatic rings. The number of nitrogens with one attached hydrogen (secondary N) is 1. The number of fused-ring (bicyclic) bond motifs is 2. The average Bonchev–Trinajstić information content (AvgIpc) is 3.52. The number of esters is 1. The van der Waals surface area contributed by atoms with Crippen molar-refractivity contribution in [1.82, 2.24) is 4.89 Å². The highest BCUT2D eigenvalue weighted by Gasteiger charge is 2.55. The van der Waals surface area contributed by atoms with Gasteiger partial charge in [-0.15, -0.1) is 4.89 Å². The summed E-state index contributed by atoms with van der Waals surface area (Å²) in [5, 5.41) is 21.9. The molecule has 0 bridgehead atoms. The molecular weight excluding hydrogens is 537 g/mol. The third-order valence-corrected chi connectivity index (χ3v) is 14.3. The number of phenolic OH excluding ortho intramolecular Hbond substituents is 2. The van der Waals surface area contributed by atoms with E-state index in [-0.39, 0.29) is 27.9 Å². The second-order valence-corrected chi connectivity index (χ2v) is 15.1. The highest BCUT2D eigenvalue weighted by atomic mass is 32.5. The van der Waals surface area contributed by atoms with E-state index in [2.05, 4.69) is 14.7 Å². The first kappa shape index (κ1) is 25.8. The number of phenols is 2. The first-order valence-electron chi connectivity index (χ1n) is 11.2. The standard InChI is InChI=1S/C25H22NO10PS/c1-13(2)38(26-32-3)37-19-12-16(25(31)35-34-24(30)14-8-4-6-10-17(14)27)20(28)21(22(19)37)33-23(29)15-9-5-7-11-18(15)36-37/h4-13,26-28H,1-3H3. The average molecular weight is 559 g/mol. The van der Waals surface area contributed by atoms with Crippen molar-refractivity contribution in [3.05, 3.63) is 71.3 Å². The fourth-order valence-corrected chi connectivity index (χ4v) is 12.9. The highest BCUT2D eigenvalue weighted by molar-refractivity contribution is 8.40. The zero-order chi connectivity index (χ0) is 27.2. The van der Waals surface area contributed by atoms with Gasteiger partial charge in [0.1, 0.15) is 28.2 Å². The van der Waals surface area contributed by atoms with E-state index in [0.717, 1.165) is 0 Å². The molecule has 198 valence electrons. The van der Waals surface area contributed by atoms with E-state index in [4.69, 9.17) is 14.1 Å². The molecule has 11 nitrogen and oxygen atoms in total. The van der Waals surface area contributed by atoms with Crippen LogP contribution in [-0.4, -0.2) is 40.5 Å². The van der Waals surface area contributed by atoms with Crippen LogP contribution in [0, 0.1) is 0 Å². The molecule has 0 amide bonds. The Morgan fingerprint density at radius 3 is 2.34 bits per heavy atom. The van der Waals surface area contributed by atoms with Crippen molar-refractivity contribution in [2.45, 2.75) is 19.1 Å². The van der Waals surface area contributed by atoms with Crippen molar-refractivity contribution in [3.63, 3.8) is 0 Å². The lowest BCUT2D eigenvalue weighted by molar-refractivity contribution is -0.187. The summed E-state index contributed by atoms with van der Waals surface area (Å²) in [5.41, 5.74) is -0.485. The number of hydrogen-bond donors (Lipinski definition) is 3. The van der Waals surface area contributed by atoms with Crippen molar-refractivity contribution in [2.24, 2.45) is 0 Å². The maximum absolute atomic E-state index is 13.0. The van der Waals surface area contributed by atoms with Gasteiger partial charge in [0.2, 0.25) is 0 Å². The molecule has 0 aromatic heterocycles. The SMILES string of the molecule is CONS(C(C)C)=P12Oc3ccccc3C(=O)Oc3c(O)c(C(=O)OOC(=O)c4ccccc4O)cc1c32. The third kappa shape index (κ3) is 4.11. The lowest BCUT2D eigenvalue weighted by Crippen LogP contribution is -2.25. The van der Waals surface area contributed by atoms with E-state index in [9.17, 15) is 24.6 Å². The Morgan fingerprint density at radius 2 is 1.66 bits per heavy atom. The summed E-state index contributed by atoms with van der Waals surface area (Å²) in [6.07, 6.45) is -2.82. The van der Waals surface area contributed by atoms with E-state index < -0.39 is 45.7 Å². The highest BCUT2D eigenvalue weighted by Crippen LogP contribution is 2.65. The molecule has 38 heavy (non-hydrogen) atoms. The Labute approximate surface area is 218 Å². The van der Waals surface area contributed by atoms with Crippen molar-refractivity contribution in [2.75, 3.05) is 7.11 Å². The maximum Gasteiger partial charge on any atom is 0.390 e. The van der Waals surface area contributed by atoms with Gasteiger partial charge < -0.3 is 19.5 Å². The first-order chi connectivity index (χ1) is 18.2. The van der Waals surface area contributed by atoms with Gasteiger partial charge in [-0.3, -0.25) is 4.84 Å². The van der Waals surface area contributed by atoms with E-state index in [1.54, 1.807) is 18.2 Å². The molecule has 0 fully saturated rings. The number of rotatable bonds is 5. The van der Waals surface area contributed by atoms with E-state index in [0.29, 0.717) is 16.4 Å². The van der Waals surface area contributed by atoms with E-state index >= 15 is 0 Å². The number of benzene rings is 3. The van der Waals surface area contributed by atoms with Gasteiger partial charge in [0, 0.05) is 10.6 Å². The predicted octanol–water partition coefficient (Wildman–Crippen LogP) is 2.84. The summed E-state index contributed by atoms with van der Waals surface area (Å²) in [4.78, 5) is 55.7. The number of aromatic hydroxyl groups is 2. The fourth-order valence-electron chi connectivity index (χ4n) is 4.01. The van der Waals surface area contributed by atoms with E-state index in [1.807, 2.05) is 13.8 Å². The summed E-state index contributed by atoms with van der Waals surface area (Å²) in [6.45, 7) is 3.91. The van der Waals surface area contributed by atoms with Gasteiger partial charge in [0.05, 0.1) is 12.4 Å². The van der Waals surface area contributed by atoms with Crippen molar-refractivity contribution >= 4 is 45.0 Å². The number of ether oxygens (including phenoxy) is 1. The molecule has 0 spiro atoms. The Balaban J connectivity index is 1.59. The van der Waals surface area contributed by atoms with Gasteiger partial charge >= 0.3 is 17.9 Å². The third-order valence-electron chi connectivity index (χ3n) is 5.73. The van der Waals surface area contributed by atoms with Crippen molar-refractivity contribution < 1.29 is 48.5 Å². The van der Waals surface area contributed by atoms with Gasteiger partial charge in [0.15, 0.2) is 17.8 Å². The van der Waals surface area contributed by atoms with Crippen LogP contribution in [-0.2, 0) is 24.9 Å². The smallest absolute Gasteiger partial charge is 0.390 e. The Hall–Kier alpha value is -3.83. The summed E-state index contributed by atoms with van der Waals surface area (Å²) in [6, 6.07) is 13.5. The van der Waals surface area contributed by atoms with Crippen molar-refractivity contribution in [1.29, 1.82) is 0 Å². The summed E-state index contributed by atoms with van der Waals surface area (Å²) < 4.78 is 12.2. The Morgan fingerprint density at radius 1 is 1.00 bits per heavy atom. The molecule has 2 unspecified atom stereocenters. The molecule has 0 saturated carbocycles. The molecule has 5 rings (SSSR count). The van der Waals surface area contributed by atoms with Gasteiger partial charge in [-0.25, -0.2) is 24.2 Å². The minimum absolute atomic E-state index is 0.0251. The number of carbonyl (C=O) groups excluding carboxylic acids is 3. The van der Waals surface area contributed by atoms with Crippen LogP contribution >= 0.6 is 6.26 Å². The van der Waals surface area contributed by atoms with Crippen LogP contribution in [0.1, 0.15) is 44.9 Å². The van der Waals surface area contributed by atoms with Crippen LogP contribution < -0.4 is 24.8 Å². The van der Waals surface area contributed by atoms with Crippen LogP contribution in [0.5, 0.6) is 23.0 Å². The molecule has 3 aromatic carbocycles. The van der Waals surface area contributed by atoms with Crippen LogP contribution in [0.4, 0.5) is 0 Å². The van der Waals surface area contributed by atoms with Crippen molar-refractivity contribution in [3.8, 4) is 23.0 Å². The lowest BCUT2D eigenvalue weighted by Gasteiger charge is -2.24. The maximum atomic E-state index is 13.0. The molecule has 0 aliphatic carbocycles. The van der Waals surface area contributed by atoms with Crippen LogP contribution in [0.2, 0.25) is 0 Å². The molecule has 0 saturated heterocycles. The first-order valence-corrected chi connectivity index (χ1v) is 14.8. The molecule has 3 N–H and O–H groups in total. The molecule has 2 aliphatic rings. The second kappa shape index (κ2) is 9.80. The second-order valence-electron chi connectivity index (χ2n) is 8.41. The Kier molecular flexibility index (Phi) is 6.66. The van der Waals surface area contributed by atoms with Crippen LogP contribution in [0.3, 0.4) is 0 Å². The number of carbonyl (C=O) groups is 3. The monoisotopic (exact) mass is 559 g/mol. The topological polar surface area (TPSA) is 150 Å². The summed E-state index contributed by atoms with van der Waals surface area (Å²) in [5.74, 6) is -4.12. The normalized spacial score (nSPS) is 17.6. The minimum Gasteiger partial charge on any atom is -0.507 e. The fraction of sp³-hybridized carbons (Fsp3) is 0.160. The molecule has 2 heterocycles. The van der Waals surface area contributed by atoms with Gasteiger partial charge in [-0.2, -0.15) is 0 Å². The summed E-state index contributed by atoms with van der Waals surface area (Å²) >= 11 is 0. The van der Waals surface area contributed by atoms with Gasteiger partial charge in [-0.05, 0) is 30.3 Å². The number of para-hydroxylation sites is 2. The quantitative estimate of drug-likeness (QED) is 0.139. The zero-order valence-corrected chi connectivity index (χ0v) is 22.0. The molecule has 2 atom stereocenters. The van der Waals surface area contributed by atoms with Crippen LogP contribution in [0.25, 0.3) is 0 Å². The van der Waals surface area contributed by atoms with Crippen LogP contribution in [0.15, 0.2) is 54.6 Å². The molecule has 0 radical (unpaired) electrons. The zero-order valence-electron chi connectivity index (χ0n) is 20.3. The predicted molar refractivity (Wildman–Crippen MR) is 138 cm³/mol. The molecule has 13 heteroatoms. The summed E-state index contributed by atoms with van der Waals surface area (Å²) in [7, 11) is 0.677. The lowest BCUT2D eigenvalue weighted by atomic mass is 10.2. The van der Waals surface area contributed by atoms with E-state index in [1.165, 1.54) is 43.5 Å². The molecular formula is C25H22NO10PS. The largest absolute Gasteiger partial charge is 0.507 e.